The van der Waals surface area contributed by atoms with Gasteiger partial charge in [0.15, 0.2) is 0 Å². The lowest BCUT2D eigenvalue weighted by Crippen LogP contribution is -2.51. The van der Waals surface area contributed by atoms with Gasteiger partial charge in [0.1, 0.15) is 0 Å². The summed E-state index contributed by atoms with van der Waals surface area (Å²) in [6.45, 7) is 10.3. The number of amides is 1. The summed E-state index contributed by atoms with van der Waals surface area (Å²) >= 11 is 0. The number of aromatic nitrogens is 1. The minimum atomic E-state index is -0.290. The molecule has 2 heterocycles. The lowest BCUT2D eigenvalue weighted by atomic mass is 9.94. The van der Waals surface area contributed by atoms with Crippen LogP contribution in [0.1, 0.15) is 26.3 Å². The van der Waals surface area contributed by atoms with Crippen LogP contribution in [0.2, 0.25) is 0 Å². The summed E-state index contributed by atoms with van der Waals surface area (Å²) in [6.07, 6.45) is 1.85. The van der Waals surface area contributed by atoms with Gasteiger partial charge in [-0.2, -0.15) is 0 Å². The van der Waals surface area contributed by atoms with Crippen molar-refractivity contribution in [1.82, 2.24) is 14.8 Å². The van der Waals surface area contributed by atoms with E-state index in [1.807, 2.05) is 37.9 Å². The molecule has 0 spiro atoms. The molecular formula is C19H25N3O. The first-order valence-corrected chi connectivity index (χ1v) is 8.29. The maximum atomic E-state index is 12.4. The van der Waals surface area contributed by atoms with Crippen molar-refractivity contribution in [1.29, 1.82) is 0 Å². The monoisotopic (exact) mass is 311 g/mol. The molecule has 0 saturated carbocycles. The first-order valence-electron chi connectivity index (χ1n) is 8.29. The van der Waals surface area contributed by atoms with Crippen molar-refractivity contribution in [3.8, 4) is 0 Å². The summed E-state index contributed by atoms with van der Waals surface area (Å²) in [5, 5.41) is 1.19. The zero-order valence-electron chi connectivity index (χ0n) is 14.2. The van der Waals surface area contributed by atoms with Crippen molar-refractivity contribution in [3.63, 3.8) is 0 Å². The predicted molar refractivity (Wildman–Crippen MR) is 93.1 cm³/mol. The Kier molecular flexibility index (Phi) is 4.35. The van der Waals surface area contributed by atoms with Gasteiger partial charge in [0.25, 0.3) is 0 Å². The van der Waals surface area contributed by atoms with Gasteiger partial charge >= 0.3 is 0 Å². The molecule has 0 aliphatic carbocycles. The fourth-order valence-corrected chi connectivity index (χ4v) is 3.12. The van der Waals surface area contributed by atoms with E-state index in [1.54, 1.807) is 0 Å². The topological polar surface area (TPSA) is 36.4 Å². The third kappa shape index (κ3) is 3.53. The van der Waals surface area contributed by atoms with Crippen LogP contribution in [0, 0.1) is 5.41 Å². The van der Waals surface area contributed by atoms with Crippen molar-refractivity contribution in [3.05, 3.63) is 42.1 Å². The van der Waals surface area contributed by atoms with Gasteiger partial charge < -0.3 is 4.90 Å². The van der Waals surface area contributed by atoms with Crippen LogP contribution in [-0.4, -0.2) is 46.9 Å². The molecule has 1 aliphatic heterocycles. The number of piperazine rings is 1. The molecule has 4 heteroatoms. The Morgan fingerprint density at radius 2 is 1.78 bits per heavy atom. The van der Waals surface area contributed by atoms with Gasteiger partial charge in [-0.15, -0.1) is 0 Å². The second kappa shape index (κ2) is 6.28. The Morgan fingerprint density at radius 3 is 2.48 bits per heavy atom. The van der Waals surface area contributed by atoms with E-state index in [4.69, 9.17) is 0 Å². The van der Waals surface area contributed by atoms with Gasteiger partial charge in [-0.3, -0.25) is 14.7 Å². The summed E-state index contributed by atoms with van der Waals surface area (Å²) in [6, 6.07) is 10.4. The number of carbonyl (C=O) groups excluding carboxylic acids is 1. The molecule has 0 atom stereocenters. The van der Waals surface area contributed by atoms with E-state index in [1.165, 1.54) is 10.9 Å². The highest BCUT2D eigenvalue weighted by Gasteiger charge is 2.29. The van der Waals surface area contributed by atoms with Gasteiger partial charge in [-0.1, -0.05) is 45.0 Å². The number of benzene rings is 1. The van der Waals surface area contributed by atoms with Crippen molar-refractivity contribution < 1.29 is 4.79 Å². The van der Waals surface area contributed by atoms with E-state index >= 15 is 0 Å². The van der Waals surface area contributed by atoms with Gasteiger partial charge in [-0.05, 0) is 11.6 Å². The highest BCUT2D eigenvalue weighted by Crippen LogP contribution is 2.21. The van der Waals surface area contributed by atoms with Crippen LogP contribution >= 0.6 is 0 Å². The fraction of sp³-hybridized carbons (Fsp3) is 0.474. The van der Waals surface area contributed by atoms with Gasteiger partial charge in [0, 0.05) is 49.7 Å². The smallest absolute Gasteiger partial charge is 0.228 e. The molecule has 2 aromatic rings. The molecule has 0 unspecified atom stereocenters. The fourth-order valence-electron chi connectivity index (χ4n) is 3.12. The van der Waals surface area contributed by atoms with Crippen LogP contribution in [0.25, 0.3) is 10.9 Å². The molecule has 1 saturated heterocycles. The Balaban J connectivity index is 1.66. The molecule has 4 nitrogen and oxygen atoms in total. The molecule has 122 valence electrons. The van der Waals surface area contributed by atoms with E-state index in [0.29, 0.717) is 0 Å². The Labute approximate surface area is 138 Å². The standard InChI is InChI=1S/C19H25N3O/c1-19(2,3)18(23)22-12-10-21(11-13-22)14-16-7-4-6-15-8-5-9-20-17(15)16/h4-9H,10-14H2,1-3H3. The average molecular weight is 311 g/mol. The molecule has 1 aliphatic rings. The number of nitrogens with zero attached hydrogens (tertiary/aromatic N) is 3. The molecule has 23 heavy (non-hydrogen) atoms. The number of carbonyl (C=O) groups is 1. The zero-order chi connectivity index (χ0) is 16.4. The van der Waals surface area contributed by atoms with E-state index in [9.17, 15) is 4.79 Å². The normalized spacial score (nSPS) is 16.7. The lowest BCUT2D eigenvalue weighted by Gasteiger charge is -2.37. The Hall–Kier alpha value is -1.94. The number of pyridine rings is 1. The van der Waals surface area contributed by atoms with Crippen molar-refractivity contribution in [2.75, 3.05) is 26.2 Å². The van der Waals surface area contributed by atoms with Crippen LogP contribution in [0.4, 0.5) is 0 Å². The summed E-state index contributed by atoms with van der Waals surface area (Å²) in [7, 11) is 0. The largest absolute Gasteiger partial charge is 0.340 e. The van der Waals surface area contributed by atoms with E-state index in [2.05, 4.69) is 34.1 Å². The van der Waals surface area contributed by atoms with Crippen LogP contribution < -0.4 is 0 Å². The molecule has 1 amide bonds. The third-order valence-corrected chi connectivity index (χ3v) is 4.41. The highest BCUT2D eigenvalue weighted by atomic mass is 16.2. The second-order valence-electron chi connectivity index (χ2n) is 7.31. The van der Waals surface area contributed by atoms with Crippen LogP contribution in [0.5, 0.6) is 0 Å². The van der Waals surface area contributed by atoms with Crippen LogP contribution in [0.15, 0.2) is 36.5 Å². The minimum Gasteiger partial charge on any atom is -0.340 e. The lowest BCUT2D eigenvalue weighted by molar-refractivity contribution is -0.141. The van der Waals surface area contributed by atoms with E-state index < -0.39 is 0 Å². The molecule has 3 rings (SSSR count). The number of para-hydroxylation sites is 1. The molecular weight excluding hydrogens is 286 g/mol. The van der Waals surface area contributed by atoms with Crippen molar-refractivity contribution in [2.24, 2.45) is 5.41 Å². The number of fused-ring (bicyclic) bond motifs is 1. The van der Waals surface area contributed by atoms with E-state index in [-0.39, 0.29) is 11.3 Å². The van der Waals surface area contributed by atoms with Crippen molar-refractivity contribution in [2.45, 2.75) is 27.3 Å². The Bertz CT molecular complexity index is 692. The maximum absolute atomic E-state index is 12.4. The highest BCUT2D eigenvalue weighted by molar-refractivity contribution is 5.82. The minimum absolute atomic E-state index is 0.254. The van der Waals surface area contributed by atoms with E-state index in [0.717, 1.165) is 38.2 Å². The maximum Gasteiger partial charge on any atom is 0.228 e. The quantitative estimate of drug-likeness (QED) is 0.855. The summed E-state index contributed by atoms with van der Waals surface area (Å²) in [4.78, 5) is 21.3. The van der Waals surface area contributed by atoms with Gasteiger partial charge in [0.05, 0.1) is 5.52 Å². The number of hydrogen-bond donors (Lipinski definition) is 0. The SMILES string of the molecule is CC(C)(C)C(=O)N1CCN(Cc2cccc3cccnc23)CC1. The molecule has 1 aromatic carbocycles. The van der Waals surface area contributed by atoms with Crippen LogP contribution in [-0.2, 0) is 11.3 Å². The van der Waals surface area contributed by atoms with Crippen molar-refractivity contribution >= 4 is 16.8 Å². The molecule has 0 radical (unpaired) electrons. The number of hydrogen-bond acceptors (Lipinski definition) is 3. The third-order valence-electron chi connectivity index (χ3n) is 4.41. The summed E-state index contributed by atoms with van der Waals surface area (Å²) in [5.74, 6) is 0.254. The first kappa shape index (κ1) is 15.9. The molecule has 1 aromatic heterocycles. The molecule has 0 N–H and O–H groups in total. The second-order valence-corrected chi connectivity index (χ2v) is 7.31. The molecule has 1 fully saturated rings. The predicted octanol–water partition coefficient (Wildman–Crippen LogP) is 2.93. The molecule has 0 bridgehead atoms. The average Bonchev–Trinajstić information content (AvgIpc) is 2.54. The van der Waals surface area contributed by atoms with Gasteiger partial charge in [0.2, 0.25) is 5.91 Å². The van der Waals surface area contributed by atoms with Gasteiger partial charge in [-0.25, -0.2) is 0 Å². The first-order chi connectivity index (χ1) is 10.9. The van der Waals surface area contributed by atoms with Crippen LogP contribution in [0.3, 0.4) is 0 Å². The zero-order valence-corrected chi connectivity index (χ0v) is 14.2. The number of rotatable bonds is 2. The summed E-state index contributed by atoms with van der Waals surface area (Å²) < 4.78 is 0. The summed E-state index contributed by atoms with van der Waals surface area (Å²) in [5.41, 5.74) is 2.06. The Morgan fingerprint density at radius 1 is 1.09 bits per heavy atom.